The first kappa shape index (κ1) is 17.8. The zero-order chi connectivity index (χ0) is 16.0. The molecule has 1 unspecified atom stereocenters. The van der Waals surface area contributed by atoms with Gasteiger partial charge in [-0.05, 0) is 37.5 Å². The smallest absolute Gasteiger partial charge is 0.238 e. The highest BCUT2D eigenvalue weighted by Gasteiger charge is 2.17. The van der Waals surface area contributed by atoms with Gasteiger partial charge in [-0.2, -0.15) is 0 Å². The van der Waals surface area contributed by atoms with Crippen LogP contribution in [0.4, 0.5) is 11.4 Å². The number of sulfonamides is 1. The summed E-state index contributed by atoms with van der Waals surface area (Å²) in [6.45, 7) is 6.06. The lowest BCUT2D eigenvalue weighted by Crippen LogP contribution is -2.21. The predicted molar refractivity (Wildman–Crippen MR) is 88.8 cm³/mol. The van der Waals surface area contributed by atoms with Gasteiger partial charge in [-0.3, -0.25) is 0 Å². The van der Waals surface area contributed by atoms with E-state index in [4.69, 9.17) is 10.9 Å². The molecule has 1 atom stereocenters. The zero-order valence-corrected chi connectivity index (χ0v) is 14.0. The van der Waals surface area contributed by atoms with Crippen molar-refractivity contribution < 1.29 is 8.42 Å². The average Bonchev–Trinajstić information content (AvgIpc) is 2.38. The van der Waals surface area contributed by atoms with E-state index in [0.29, 0.717) is 17.3 Å². The molecule has 0 fully saturated rings. The highest BCUT2D eigenvalue weighted by molar-refractivity contribution is 7.89. The third-order valence-corrected chi connectivity index (χ3v) is 4.63. The van der Waals surface area contributed by atoms with Gasteiger partial charge in [-0.15, -0.1) is 0 Å². The van der Waals surface area contributed by atoms with Crippen LogP contribution in [0.2, 0.25) is 0 Å². The van der Waals surface area contributed by atoms with E-state index < -0.39 is 10.0 Å². The SMILES string of the molecule is CCCCC(CCC)Nc1cc(N)cc(S(N)(=O)=O)c1C. The van der Waals surface area contributed by atoms with Gasteiger partial charge in [0, 0.05) is 17.4 Å². The lowest BCUT2D eigenvalue weighted by molar-refractivity contribution is 0.564. The van der Waals surface area contributed by atoms with Crippen molar-refractivity contribution in [3.05, 3.63) is 17.7 Å². The molecule has 0 saturated heterocycles. The van der Waals surface area contributed by atoms with Gasteiger partial charge in [0.1, 0.15) is 0 Å². The number of rotatable bonds is 8. The van der Waals surface area contributed by atoms with Crippen LogP contribution in [0, 0.1) is 6.92 Å². The summed E-state index contributed by atoms with van der Waals surface area (Å²) in [5, 5.41) is 8.69. The number of nitrogens with two attached hydrogens (primary N) is 2. The van der Waals surface area contributed by atoms with Crippen molar-refractivity contribution in [2.75, 3.05) is 11.1 Å². The highest BCUT2D eigenvalue weighted by atomic mass is 32.2. The number of hydrogen-bond donors (Lipinski definition) is 3. The minimum absolute atomic E-state index is 0.0933. The molecule has 120 valence electrons. The van der Waals surface area contributed by atoms with E-state index >= 15 is 0 Å². The minimum atomic E-state index is -3.76. The second-order valence-electron chi connectivity index (χ2n) is 5.51. The summed E-state index contributed by atoms with van der Waals surface area (Å²) in [6, 6.07) is 3.51. The molecule has 0 heterocycles. The quantitative estimate of drug-likeness (QED) is 0.642. The van der Waals surface area contributed by atoms with Crippen LogP contribution in [0.15, 0.2) is 17.0 Å². The first-order valence-corrected chi connectivity index (χ1v) is 9.03. The Balaban J connectivity index is 3.09. The Morgan fingerprint density at radius 2 is 1.86 bits per heavy atom. The molecule has 0 aromatic heterocycles. The number of hydrogen-bond acceptors (Lipinski definition) is 4. The maximum Gasteiger partial charge on any atom is 0.238 e. The molecule has 0 aliphatic rings. The van der Waals surface area contributed by atoms with E-state index in [1.807, 2.05) is 0 Å². The maximum atomic E-state index is 11.6. The van der Waals surface area contributed by atoms with E-state index in [-0.39, 0.29) is 4.90 Å². The second kappa shape index (κ2) is 7.66. The summed E-state index contributed by atoms with van der Waals surface area (Å²) in [7, 11) is -3.76. The fraction of sp³-hybridized carbons (Fsp3) is 0.600. The van der Waals surface area contributed by atoms with Crippen LogP contribution < -0.4 is 16.2 Å². The standard InChI is InChI=1S/C15H27N3O2S/c1-4-6-8-13(7-5-2)18-14-9-12(16)10-15(11(14)3)21(17,19)20/h9-10,13,18H,4-8,16H2,1-3H3,(H2,17,19,20). The molecular formula is C15H27N3O2S. The van der Waals surface area contributed by atoms with E-state index in [2.05, 4.69) is 19.2 Å². The predicted octanol–water partition coefficient (Wildman–Crippen LogP) is 3.00. The summed E-state index contributed by atoms with van der Waals surface area (Å²) >= 11 is 0. The highest BCUT2D eigenvalue weighted by Crippen LogP contribution is 2.27. The Labute approximate surface area is 128 Å². The van der Waals surface area contributed by atoms with Gasteiger partial charge in [0.2, 0.25) is 10.0 Å². The lowest BCUT2D eigenvalue weighted by atomic mass is 10.0. The van der Waals surface area contributed by atoms with Crippen molar-refractivity contribution in [1.29, 1.82) is 0 Å². The van der Waals surface area contributed by atoms with Crippen LogP contribution >= 0.6 is 0 Å². The number of anilines is 2. The Hall–Kier alpha value is -1.27. The third-order valence-electron chi connectivity index (χ3n) is 3.59. The van der Waals surface area contributed by atoms with Crippen LogP contribution in [0.5, 0.6) is 0 Å². The van der Waals surface area contributed by atoms with Gasteiger partial charge >= 0.3 is 0 Å². The van der Waals surface area contributed by atoms with Crippen LogP contribution in [0.25, 0.3) is 0 Å². The van der Waals surface area contributed by atoms with E-state index in [1.54, 1.807) is 13.0 Å². The first-order chi connectivity index (χ1) is 9.79. The number of unbranched alkanes of at least 4 members (excludes halogenated alkanes) is 1. The molecule has 0 radical (unpaired) electrons. The molecule has 0 spiro atoms. The Morgan fingerprint density at radius 3 is 2.38 bits per heavy atom. The van der Waals surface area contributed by atoms with Crippen LogP contribution in [-0.2, 0) is 10.0 Å². The molecule has 21 heavy (non-hydrogen) atoms. The van der Waals surface area contributed by atoms with Crippen molar-refractivity contribution in [3.8, 4) is 0 Å². The normalized spacial score (nSPS) is 13.1. The first-order valence-electron chi connectivity index (χ1n) is 7.49. The monoisotopic (exact) mass is 313 g/mol. The molecule has 0 saturated carbocycles. The van der Waals surface area contributed by atoms with Gasteiger partial charge in [0.25, 0.3) is 0 Å². The summed E-state index contributed by atoms with van der Waals surface area (Å²) < 4.78 is 23.3. The van der Waals surface area contributed by atoms with E-state index in [1.165, 1.54) is 6.07 Å². The van der Waals surface area contributed by atoms with E-state index in [9.17, 15) is 8.42 Å². The van der Waals surface area contributed by atoms with Crippen molar-refractivity contribution in [2.45, 2.75) is 63.8 Å². The number of benzene rings is 1. The molecular weight excluding hydrogens is 286 g/mol. The fourth-order valence-electron chi connectivity index (χ4n) is 2.46. The molecule has 6 heteroatoms. The average molecular weight is 313 g/mol. The topological polar surface area (TPSA) is 98.2 Å². The minimum Gasteiger partial charge on any atom is -0.399 e. The number of nitrogens with one attached hydrogen (secondary N) is 1. The van der Waals surface area contributed by atoms with Crippen molar-refractivity contribution in [2.24, 2.45) is 5.14 Å². The maximum absolute atomic E-state index is 11.6. The molecule has 0 aliphatic heterocycles. The molecule has 0 aliphatic carbocycles. The summed E-state index contributed by atoms with van der Waals surface area (Å²) in [5.41, 5.74) is 7.60. The molecule has 0 amide bonds. The molecule has 1 rings (SSSR count). The Bertz CT molecular complexity index is 571. The largest absolute Gasteiger partial charge is 0.399 e. The number of primary sulfonamides is 1. The van der Waals surface area contributed by atoms with Gasteiger partial charge < -0.3 is 11.1 Å². The van der Waals surface area contributed by atoms with E-state index in [0.717, 1.165) is 37.8 Å². The van der Waals surface area contributed by atoms with Gasteiger partial charge in [-0.25, -0.2) is 13.6 Å². The molecule has 0 bridgehead atoms. The summed E-state index contributed by atoms with van der Waals surface area (Å²) in [6.07, 6.45) is 5.45. The van der Waals surface area contributed by atoms with Crippen molar-refractivity contribution in [3.63, 3.8) is 0 Å². The molecule has 1 aromatic rings. The Morgan fingerprint density at radius 1 is 1.19 bits per heavy atom. The third kappa shape index (κ3) is 5.21. The number of nitrogen functional groups attached to an aromatic ring is 1. The molecule has 1 aromatic carbocycles. The molecule has 5 nitrogen and oxygen atoms in total. The van der Waals surface area contributed by atoms with Crippen LogP contribution in [0.1, 0.15) is 51.5 Å². The van der Waals surface area contributed by atoms with Gasteiger partial charge in [0.05, 0.1) is 4.90 Å². The Kier molecular flexibility index (Phi) is 6.48. The van der Waals surface area contributed by atoms with Crippen LogP contribution in [0.3, 0.4) is 0 Å². The second-order valence-corrected chi connectivity index (χ2v) is 7.04. The summed E-state index contributed by atoms with van der Waals surface area (Å²) in [5.74, 6) is 0. The lowest BCUT2D eigenvalue weighted by Gasteiger charge is -2.22. The van der Waals surface area contributed by atoms with Crippen molar-refractivity contribution >= 4 is 21.4 Å². The van der Waals surface area contributed by atoms with Gasteiger partial charge in [0.15, 0.2) is 0 Å². The zero-order valence-electron chi connectivity index (χ0n) is 13.1. The van der Waals surface area contributed by atoms with Crippen molar-refractivity contribution in [1.82, 2.24) is 0 Å². The van der Waals surface area contributed by atoms with Crippen LogP contribution in [-0.4, -0.2) is 14.5 Å². The fourth-order valence-corrected chi connectivity index (χ4v) is 3.30. The van der Waals surface area contributed by atoms with Gasteiger partial charge in [-0.1, -0.05) is 33.1 Å². The summed E-state index contributed by atoms with van der Waals surface area (Å²) in [4.78, 5) is 0.0933. The molecule has 5 N–H and O–H groups in total.